The molecule has 1 amide bonds. The van der Waals surface area contributed by atoms with Gasteiger partial charge in [-0.1, -0.05) is 35.4 Å². The second-order valence-electron chi connectivity index (χ2n) is 6.75. The van der Waals surface area contributed by atoms with Gasteiger partial charge in [0.25, 0.3) is 15.9 Å². The number of carbonyl (C=O) groups excluding carboxylic acids is 1. The van der Waals surface area contributed by atoms with Crippen molar-refractivity contribution in [1.82, 2.24) is 0 Å². The van der Waals surface area contributed by atoms with Crippen LogP contribution >= 0.6 is 11.6 Å². The Balaban J connectivity index is 1.87. The van der Waals surface area contributed by atoms with Crippen molar-refractivity contribution in [1.29, 1.82) is 0 Å². The summed E-state index contributed by atoms with van der Waals surface area (Å²) in [4.78, 5) is 12.9. The van der Waals surface area contributed by atoms with Crippen molar-refractivity contribution in [2.45, 2.75) is 18.7 Å². The van der Waals surface area contributed by atoms with Crippen LogP contribution in [0.2, 0.25) is 5.02 Å². The molecular formula is C22H21ClN2O4S. The molecule has 3 aromatic carbocycles. The lowest BCUT2D eigenvalue weighted by molar-refractivity contribution is 0.102. The predicted molar refractivity (Wildman–Crippen MR) is 119 cm³/mol. The van der Waals surface area contributed by atoms with E-state index in [9.17, 15) is 13.2 Å². The number of carbonyl (C=O) groups is 1. The number of nitrogens with one attached hydrogen (secondary N) is 2. The highest BCUT2D eigenvalue weighted by atomic mass is 35.5. The Morgan fingerprint density at radius 3 is 2.30 bits per heavy atom. The molecule has 0 spiro atoms. The molecule has 0 fully saturated rings. The fourth-order valence-corrected chi connectivity index (χ4v) is 4.06. The van der Waals surface area contributed by atoms with Gasteiger partial charge < -0.3 is 10.1 Å². The smallest absolute Gasteiger partial charge is 0.261 e. The van der Waals surface area contributed by atoms with Crippen LogP contribution in [-0.2, 0) is 10.0 Å². The number of benzene rings is 3. The summed E-state index contributed by atoms with van der Waals surface area (Å²) in [7, 11) is -2.30. The van der Waals surface area contributed by atoms with Crippen LogP contribution in [0.3, 0.4) is 0 Å². The van der Waals surface area contributed by atoms with Gasteiger partial charge in [0.2, 0.25) is 0 Å². The maximum Gasteiger partial charge on any atom is 0.261 e. The second-order valence-corrected chi connectivity index (χ2v) is 8.87. The van der Waals surface area contributed by atoms with E-state index in [4.69, 9.17) is 16.3 Å². The zero-order chi connectivity index (χ0) is 21.9. The summed E-state index contributed by atoms with van der Waals surface area (Å²) in [5, 5.41) is 3.19. The Labute approximate surface area is 180 Å². The largest absolute Gasteiger partial charge is 0.495 e. The molecule has 3 rings (SSSR count). The second kappa shape index (κ2) is 8.77. The number of hydrogen-bond acceptors (Lipinski definition) is 4. The van der Waals surface area contributed by atoms with Crippen molar-refractivity contribution < 1.29 is 17.9 Å². The summed E-state index contributed by atoms with van der Waals surface area (Å²) in [5.41, 5.74) is 2.66. The number of methoxy groups -OCH3 is 1. The molecule has 0 unspecified atom stereocenters. The van der Waals surface area contributed by atoms with E-state index in [1.807, 2.05) is 6.92 Å². The number of halogens is 1. The van der Waals surface area contributed by atoms with Crippen LogP contribution in [-0.4, -0.2) is 21.4 Å². The zero-order valence-corrected chi connectivity index (χ0v) is 18.3. The van der Waals surface area contributed by atoms with Gasteiger partial charge in [0.15, 0.2) is 0 Å². The van der Waals surface area contributed by atoms with Crippen LogP contribution in [0.1, 0.15) is 21.5 Å². The highest BCUT2D eigenvalue weighted by molar-refractivity contribution is 7.92. The number of aryl methyl sites for hydroxylation is 2. The molecule has 0 aromatic heterocycles. The predicted octanol–water partition coefficient (Wildman–Crippen LogP) is 5.02. The van der Waals surface area contributed by atoms with Gasteiger partial charge in [0.05, 0.1) is 23.4 Å². The Morgan fingerprint density at radius 1 is 0.933 bits per heavy atom. The van der Waals surface area contributed by atoms with Gasteiger partial charge in [-0.15, -0.1) is 0 Å². The van der Waals surface area contributed by atoms with E-state index in [1.165, 1.54) is 25.3 Å². The quantitative estimate of drug-likeness (QED) is 0.559. The van der Waals surface area contributed by atoms with E-state index < -0.39 is 15.9 Å². The summed E-state index contributed by atoms with van der Waals surface area (Å²) >= 11 is 6.01. The Bertz CT molecular complexity index is 1190. The summed E-state index contributed by atoms with van der Waals surface area (Å²) in [6.45, 7) is 3.64. The third-order valence-electron chi connectivity index (χ3n) is 4.49. The van der Waals surface area contributed by atoms with Gasteiger partial charge in [-0.3, -0.25) is 9.52 Å². The molecule has 0 saturated carbocycles. The van der Waals surface area contributed by atoms with Gasteiger partial charge in [0, 0.05) is 10.6 Å². The van der Waals surface area contributed by atoms with Crippen LogP contribution in [0.5, 0.6) is 5.75 Å². The van der Waals surface area contributed by atoms with Gasteiger partial charge in [-0.2, -0.15) is 0 Å². The van der Waals surface area contributed by atoms with Gasteiger partial charge in [0.1, 0.15) is 5.75 Å². The third kappa shape index (κ3) is 4.93. The fraction of sp³-hybridized carbons (Fsp3) is 0.136. The summed E-state index contributed by atoms with van der Waals surface area (Å²) in [6.07, 6.45) is 0. The van der Waals surface area contributed by atoms with Crippen LogP contribution in [0.25, 0.3) is 0 Å². The van der Waals surface area contributed by atoms with Crippen LogP contribution in [0.15, 0.2) is 65.6 Å². The lowest BCUT2D eigenvalue weighted by Crippen LogP contribution is -2.16. The molecule has 0 saturated heterocycles. The minimum Gasteiger partial charge on any atom is -0.495 e. The first-order chi connectivity index (χ1) is 14.2. The summed E-state index contributed by atoms with van der Waals surface area (Å²) in [6, 6.07) is 16.2. The number of ether oxygens (including phenoxy) is 1. The fourth-order valence-electron chi connectivity index (χ4n) is 2.77. The highest BCUT2D eigenvalue weighted by Gasteiger charge is 2.17. The molecule has 3 aromatic rings. The molecule has 0 aliphatic carbocycles. The molecule has 0 aliphatic heterocycles. The third-order valence-corrected chi connectivity index (χ3v) is 6.10. The van der Waals surface area contributed by atoms with Gasteiger partial charge in [-0.25, -0.2) is 8.42 Å². The van der Waals surface area contributed by atoms with Crippen LogP contribution in [0.4, 0.5) is 11.4 Å². The van der Waals surface area contributed by atoms with E-state index in [2.05, 4.69) is 10.0 Å². The Hall–Kier alpha value is -3.03. The average molecular weight is 445 g/mol. The SMILES string of the molecule is COc1ccc(Cl)cc1NC(=O)c1ccc(C)c(NS(=O)(=O)c2ccc(C)cc2)c1. The van der Waals surface area contributed by atoms with E-state index in [0.29, 0.717) is 27.7 Å². The molecule has 0 heterocycles. The molecule has 2 N–H and O–H groups in total. The topological polar surface area (TPSA) is 84.5 Å². The van der Waals surface area contributed by atoms with E-state index in [1.54, 1.807) is 49.4 Å². The first-order valence-electron chi connectivity index (χ1n) is 9.04. The monoisotopic (exact) mass is 444 g/mol. The summed E-state index contributed by atoms with van der Waals surface area (Å²) in [5.74, 6) is 0.0338. The van der Waals surface area contributed by atoms with Crippen molar-refractivity contribution >= 4 is 38.9 Å². The minimum absolute atomic E-state index is 0.144. The molecule has 0 aliphatic rings. The average Bonchev–Trinajstić information content (AvgIpc) is 2.70. The van der Waals surface area contributed by atoms with Crippen molar-refractivity contribution in [3.63, 3.8) is 0 Å². The molecular weight excluding hydrogens is 424 g/mol. The lowest BCUT2D eigenvalue weighted by Gasteiger charge is -2.14. The lowest BCUT2D eigenvalue weighted by atomic mass is 10.1. The number of rotatable bonds is 6. The molecule has 156 valence electrons. The zero-order valence-electron chi connectivity index (χ0n) is 16.7. The van der Waals surface area contributed by atoms with Crippen molar-refractivity contribution in [2.24, 2.45) is 0 Å². The summed E-state index contributed by atoms with van der Waals surface area (Å²) < 4.78 is 33.2. The van der Waals surface area contributed by atoms with Crippen LogP contribution in [0, 0.1) is 13.8 Å². The van der Waals surface area contributed by atoms with Crippen molar-refractivity contribution in [3.8, 4) is 5.75 Å². The Kier molecular flexibility index (Phi) is 6.34. The minimum atomic E-state index is -3.79. The molecule has 6 nitrogen and oxygen atoms in total. The van der Waals surface area contributed by atoms with Crippen molar-refractivity contribution in [3.05, 3.63) is 82.4 Å². The molecule has 0 radical (unpaired) electrons. The maximum absolute atomic E-state index is 12.7. The number of amides is 1. The number of sulfonamides is 1. The van der Waals surface area contributed by atoms with Crippen LogP contribution < -0.4 is 14.8 Å². The normalized spacial score (nSPS) is 11.1. The first kappa shape index (κ1) is 21.7. The van der Waals surface area contributed by atoms with E-state index in [0.717, 1.165) is 5.56 Å². The highest BCUT2D eigenvalue weighted by Crippen LogP contribution is 2.29. The molecule has 0 bridgehead atoms. The number of anilines is 2. The molecule has 8 heteroatoms. The Morgan fingerprint density at radius 2 is 1.63 bits per heavy atom. The molecule has 0 atom stereocenters. The maximum atomic E-state index is 12.7. The number of hydrogen-bond donors (Lipinski definition) is 2. The van der Waals surface area contributed by atoms with E-state index in [-0.39, 0.29) is 10.5 Å². The van der Waals surface area contributed by atoms with Gasteiger partial charge in [-0.05, 0) is 61.9 Å². The first-order valence-corrected chi connectivity index (χ1v) is 10.9. The van der Waals surface area contributed by atoms with Gasteiger partial charge >= 0.3 is 0 Å². The van der Waals surface area contributed by atoms with Crippen molar-refractivity contribution in [2.75, 3.05) is 17.1 Å². The molecule has 30 heavy (non-hydrogen) atoms. The van der Waals surface area contributed by atoms with E-state index >= 15 is 0 Å². The standard InChI is InChI=1S/C22H21ClN2O4S/c1-14-4-9-18(10-5-14)30(27,28)25-19-12-16(7-6-15(19)2)22(26)24-20-13-17(23)8-11-21(20)29-3/h4-13,25H,1-3H3,(H,24,26).